The Balaban J connectivity index is 2.65. The fourth-order valence-electron chi connectivity index (χ4n) is 2.22. The molecule has 0 unspecified atom stereocenters. The maximum absolute atomic E-state index is 12.0. The van der Waals surface area contributed by atoms with Gasteiger partial charge in [-0.2, -0.15) is 5.26 Å². The van der Waals surface area contributed by atoms with Crippen molar-refractivity contribution in [3.05, 3.63) is 46.0 Å². The third kappa shape index (κ3) is 2.60. The number of nitriles is 1. The molecule has 0 amide bonds. The van der Waals surface area contributed by atoms with Crippen LogP contribution in [0.4, 0.5) is 0 Å². The lowest BCUT2D eigenvalue weighted by atomic mass is 10.0. The minimum Gasteiger partial charge on any atom is -0.351 e. The van der Waals surface area contributed by atoms with Gasteiger partial charge in [-0.05, 0) is 30.5 Å². The number of hydrogen-bond donors (Lipinski definition) is 1. The van der Waals surface area contributed by atoms with E-state index in [1.54, 1.807) is 0 Å². The van der Waals surface area contributed by atoms with Gasteiger partial charge in [0.15, 0.2) is 0 Å². The summed E-state index contributed by atoms with van der Waals surface area (Å²) in [4.78, 5) is 14.8. The van der Waals surface area contributed by atoms with Gasteiger partial charge in [0.2, 0.25) is 0 Å². The first-order valence-electron chi connectivity index (χ1n) is 6.31. The molecular formula is C15H17N3O. The zero-order valence-corrected chi connectivity index (χ0v) is 11.4. The first-order chi connectivity index (χ1) is 9.02. The molecule has 0 aliphatic rings. The van der Waals surface area contributed by atoms with E-state index in [0.29, 0.717) is 11.5 Å². The highest BCUT2D eigenvalue weighted by Gasteiger charge is 2.13. The van der Waals surface area contributed by atoms with Crippen LogP contribution in [0.15, 0.2) is 29.2 Å². The van der Waals surface area contributed by atoms with Crippen LogP contribution < -0.4 is 5.56 Å². The Labute approximate surface area is 112 Å². The monoisotopic (exact) mass is 255 g/mol. The van der Waals surface area contributed by atoms with Gasteiger partial charge >= 0.3 is 0 Å². The predicted molar refractivity (Wildman–Crippen MR) is 74.7 cm³/mol. The molecule has 0 atom stereocenters. The molecule has 0 bridgehead atoms. The number of rotatable bonds is 3. The fraction of sp³-hybridized carbons (Fsp3) is 0.333. The normalized spacial score (nSPS) is 10.7. The topological polar surface area (TPSA) is 61.6 Å². The van der Waals surface area contributed by atoms with Crippen molar-refractivity contribution >= 4 is 0 Å². The van der Waals surface area contributed by atoms with E-state index in [1.807, 2.05) is 42.1 Å². The zero-order valence-electron chi connectivity index (χ0n) is 11.4. The Morgan fingerprint density at radius 1 is 1.47 bits per heavy atom. The molecule has 0 aromatic carbocycles. The van der Waals surface area contributed by atoms with E-state index in [-0.39, 0.29) is 11.1 Å². The van der Waals surface area contributed by atoms with Crippen LogP contribution in [-0.4, -0.2) is 9.55 Å². The van der Waals surface area contributed by atoms with Crippen LogP contribution in [0, 0.1) is 17.2 Å². The lowest BCUT2D eigenvalue weighted by Crippen LogP contribution is -2.15. The van der Waals surface area contributed by atoms with Gasteiger partial charge in [-0.1, -0.05) is 13.8 Å². The number of H-pyrrole nitrogens is 1. The van der Waals surface area contributed by atoms with Crippen LogP contribution in [0.25, 0.3) is 11.3 Å². The lowest BCUT2D eigenvalue weighted by Gasteiger charge is -2.10. The van der Waals surface area contributed by atoms with Gasteiger partial charge in [0.05, 0.1) is 0 Å². The lowest BCUT2D eigenvalue weighted by molar-refractivity contribution is 0.634. The molecule has 2 heterocycles. The van der Waals surface area contributed by atoms with Gasteiger partial charge in [-0.25, -0.2) is 0 Å². The highest BCUT2D eigenvalue weighted by atomic mass is 16.1. The Morgan fingerprint density at radius 2 is 2.21 bits per heavy atom. The van der Waals surface area contributed by atoms with Gasteiger partial charge in [-0.15, -0.1) is 0 Å². The molecule has 1 N–H and O–H groups in total. The van der Waals surface area contributed by atoms with Crippen molar-refractivity contribution in [3.63, 3.8) is 0 Å². The molecule has 0 spiro atoms. The third-order valence-corrected chi connectivity index (χ3v) is 3.05. The summed E-state index contributed by atoms with van der Waals surface area (Å²) in [5.41, 5.74) is 2.32. The third-order valence-electron chi connectivity index (χ3n) is 3.05. The summed E-state index contributed by atoms with van der Waals surface area (Å²) in [5.74, 6) is 0.449. The second-order valence-electron chi connectivity index (χ2n) is 5.13. The van der Waals surface area contributed by atoms with Gasteiger partial charge in [0.1, 0.15) is 11.6 Å². The Kier molecular flexibility index (Phi) is 3.57. The molecule has 4 heteroatoms. The summed E-state index contributed by atoms with van der Waals surface area (Å²) in [5, 5.41) is 9.18. The van der Waals surface area contributed by atoms with Crippen molar-refractivity contribution in [1.29, 1.82) is 5.26 Å². The van der Waals surface area contributed by atoms with Crippen molar-refractivity contribution in [2.75, 3.05) is 0 Å². The minimum absolute atomic E-state index is 0.175. The summed E-state index contributed by atoms with van der Waals surface area (Å²) in [6.07, 6.45) is 2.69. The van der Waals surface area contributed by atoms with E-state index in [9.17, 15) is 10.1 Å². The average molecular weight is 255 g/mol. The van der Waals surface area contributed by atoms with Crippen molar-refractivity contribution < 1.29 is 0 Å². The van der Waals surface area contributed by atoms with Crippen LogP contribution in [-0.2, 0) is 13.5 Å². The van der Waals surface area contributed by atoms with Crippen molar-refractivity contribution in [2.45, 2.75) is 20.3 Å². The van der Waals surface area contributed by atoms with Gasteiger partial charge in [-0.3, -0.25) is 4.79 Å². The van der Waals surface area contributed by atoms with Crippen molar-refractivity contribution in [3.8, 4) is 17.3 Å². The van der Waals surface area contributed by atoms with Crippen LogP contribution in [0.3, 0.4) is 0 Å². The minimum atomic E-state index is -0.308. The Morgan fingerprint density at radius 3 is 2.74 bits per heavy atom. The van der Waals surface area contributed by atoms with E-state index < -0.39 is 0 Å². The van der Waals surface area contributed by atoms with Crippen LogP contribution in [0.1, 0.15) is 25.1 Å². The highest BCUT2D eigenvalue weighted by molar-refractivity contribution is 5.67. The molecule has 0 fully saturated rings. The summed E-state index contributed by atoms with van der Waals surface area (Å²) >= 11 is 0. The molecule has 0 saturated carbocycles. The average Bonchev–Trinajstić information content (AvgIpc) is 2.73. The molecule has 0 radical (unpaired) electrons. The SMILES string of the molecule is CC(C)Cc1cc(-c2cccn2C)c(C#N)c(=O)[nH]1. The number of hydrogen-bond acceptors (Lipinski definition) is 2. The Bertz CT molecular complexity index is 686. The standard InChI is InChI=1S/C15H17N3O/c1-10(2)7-11-8-12(13(9-16)15(19)17-11)14-5-4-6-18(14)3/h4-6,8,10H,7H2,1-3H3,(H,17,19). The Hall–Kier alpha value is -2.28. The summed E-state index contributed by atoms with van der Waals surface area (Å²) < 4.78 is 1.91. The quantitative estimate of drug-likeness (QED) is 0.915. The van der Waals surface area contributed by atoms with Crippen LogP contribution in [0.2, 0.25) is 0 Å². The van der Waals surface area contributed by atoms with E-state index in [1.165, 1.54) is 0 Å². The number of pyridine rings is 1. The van der Waals surface area contributed by atoms with Gasteiger partial charge in [0.25, 0.3) is 5.56 Å². The van der Waals surface area contributed by atoms with E-state index in [2.05, 4.69) is 18.8 Å². The number of aromatic amines is 1. The zero-order chi connectivity index (χ0) is 14.0. The van der Waals surface area contributed by atoms with E-state index >= 15 is 0 Å². The number of aromatic nitrogens is 2. The molecule has 0 saturated heterocycles. The second kappa shape index (κ2) is 5.15. The molecule has 2 rings (SSSR count). The summed E-state index contributed by atoms with van der Waals surface area (Å²) in [6.45, 7) is 4.19. The maximum atomic E-state index is 12.0. The number of aryl methyl sites for hydroxylation is 1. The molecule has 4 nitrogen and oxygen atoms in total. The summed E-state index contributed by atoms with van der Waals surface area (Å²) in [6, 6.07) is 7.73. The first-order valence-corrected chi connectivity index (χ1v) is 6.31. The first kappa shape index (κ1) is 13.2. The molecule has 98 valence electrons. The van der Waals surface area contributed by atoms with E-state index in [0.717, 1.165) is 17.8 Å². The van der Waals surface area contributed by atoms with Gasteiger partial charge in [0, 0.05) is 30.2 Å². The van der Waals surface area contributed by atoms with Crippen molar-refractivity contribution in [2.24, 2.45) is 13.0 Å². The maximum Gasteiger partial charge on any atom is 0.266 e. The van der Waals surface area contributed by atoms with E-state index in [4.69, 9.17) is 0 Å². The number of nitrogens with zero attached hydrogens (tertiary/aromatic N) is 2. The molecule has 2 aromatic heterocycles. The smallest absolute Gasteiger partial charge is 0.266 e. The highest BCUT2D eigenvalue weighted by Crippen LogP contribution is 2.22. The molecule has 0 aliphatic carbocycles. The van der Waals surface area contributed by atoms with Crippen LogP contribution >= 0.6 is 0 Å². The summed E-state index contributed by atoms with van der Waals surface area (Å²) in [7, 11) is 1.90. The molecular weight excluding hydrogens is 238 g/mol. The largest absolute Gasteiger partial charge is 0.351 e. The fourth-order valence-corrected chi connectivity index (χ4v) is 2.22. The molecule has 19 heavy (non-hydrogen) atoms. The second-order valence-corrected chi connectivity index (χ2v) is 5.13. The molecule has 2 aromatic rings. The number of nitrogens with one attached hydrogen (secondary N) is 1. The van der Waals surface area contributed by atoms with Gasteiger partial charge < -0.3 is 9.55 Å². The van der Waals surface area contributed by atoms with Crippen LogP contribution in [0.5, 0.6) is 0 Å². The van der Waals surface area contributed by atoms with Crippen molar-refractivity contribution in [1.82, 2.24) is 9.55 Å². The molecule has 0 aliphatic heterocycles. The predicted octanol–water partition coefficient (Wildman–Crippen LogP) is 2.45.